The minimum Gasteiger partial charge on any atom is -0.491 e. The lowest BCUT2D eigenvalue weighted by Gasteiger charge is -2.28. The van der Waals surface area contributed by atoms with Gasteiger partial charge in [-0.15, -0.1) is 0 Å². The first kappa shape index (κ1) is 20.9. The van der Waals surface area contributed by atoms with E-state index < -0.39 is 17.4 Å². The Morgan fingerprint density at radius 1 is 1.44 bits per heavy atom. The van der Waals surface area contributed by atoms with Gasteiger partial charge >= 0.3 is 6.09 Å². The maximum atomic E-state index is 13.9. The van der Waals surface area contributed by atoms with Gasteiger partial charge < -0.3 is 15.2 Å². The van der Waals surface area contributed by atoms with E-state index in [1.807, 2.05) is 20.8 Å². The van der Waals surface area contributed by atoms with Crippen molar-refractivity contribution in [1.29, 1.82) is 0 Å². The van der Waals surface area contributed by atoms with Crippen LogP contribution in [0.15, 0.2) is 24.4 Å². The smallest absolute Gasteiger partial charge is 0.405 e. The zero-order valence-electron chi connectivity index (χ0n) is 15.7. The van der Waals surface area contributed by atoms with Crippen LogP contribution in [0.3, 0.4) is 0 Å². The predicted molar refractivity (Wildman–Crippen MR) is 102 cm³/mol. The maximum absolute atomic E-state index is 13.9. The second-order valence-corrected chi connectivity index (χ2v) is 7.59. The minimum atomic E-state index is -1.05. The summed E-state index contributed by atoms with van der Waals surface area (Å²) in [5, 5.41) is 11.6. The number of aryl methyl sites for hydroxylation is 1. The quantitative estimate of drug-likeness (QED) is 0.664. The fraction of sp³-hybridized carbons (Fsp3) is 0.421. The van der Waals surface area contributed by atoms with Crippen LogP contribution in [0.25, 0.3) is 11.3 Å². The van der Waals surface area contributed by atoms with Crippen LogP contribution in [0.2, 0.25) is 5.15 Å². The van der Waals surface area contributed by atoms with Gasteiger partial charge in [-0.2, -0.15) is 0 Å². The maximum Gasteiger partial charge on any atom is 0.405 e. The molecule has 2 heterocycles. The molecule has 2 aromatic heterocycles. The molecule has 0 aromatic carbocycles. The second kappa shape index (κ2) is 8.52. The molecule has 0 saturated carbocycles. The SMILES string of the molecule is Cc1nc(-c2cc(Cl)ncc2F)ccc1OCC(C)CC(C)(C)NC(=O)O. The Morgan fingerprint density at radius 2 is 2.15 bits per heavy atom. The fourth-order valence-electron chi connectivity index (χ4n) is 2.96. The Hall–Kier alpha value is -2.41. The Labute approximate surface area is 162 Å². The molecule has 146 valence electrons. The van der Waals surface area contributed by atoms with Gasteiger partial charge in [-0.1, -0.05) is 18.5 Å². The monoisotopic (exact) mass is 395 g/mol. The number of halogens is 2. The molecule has 1 amide bonds. The van der Waals surface area contributed by atoms with Gasteiger partial charge in [0.05, 0.1) is 24.2 Å². The van der Waals surface area contributed by atoms with E-state index in [2.05, 4.69) is 15.3 Å². The van der Waals surface area contributed by atoms with Crippen LogP contribution in [0, 0.1) is 18.7 Å². The summed E-state index contributed by atoms with van der Waals surface area (Å²) < 4.78 is 19.8. The lowest BCUT2D eigenvalue weighted by molar-refractivity contribution is 0.169. The molecule has 0 aliphatic heterocycles. The summed E-state index contributed by atoms with van der Waals surface area (Å²) >= 11 is 5.83. The molecule has 1 atom stereocenters. The number of nitrogens with zero attached hydrogens (tertiary/aromatic N) is 2. The van der Waals surface area contributed by atoms with Crippen molar-refractivity contribution in [3.8, 4) is 17.0 Å². The predicted octanol–water partition coefficient (Wildman–Crippen LogP) is 4.70. The van der Waals surface area contributed by atoms with Crippen LogP contribution in [-0.2, 0) is 0 Å². The molecular weight excluding hydrogens is 373 g/mol. The summed E-state index contributed by atoms with van der Waals surface area (Å²) in [5.41, 5.74) is 0.792. The van der Waals surface area contributed by atoms with E-state index >= 15 is 0 Å². The summed E-state index contributed by atoms with van der Waals surface area (Å²) in [4.78, 5) is 18.9. The number of nitrogens with one attached hydrogen (secondary N) is 1. The largest absolute Gasteiger partial charge is 0.491 e. The molecule has 0 spiro atoms. The van der Waals surface area contributed by atoms with Gasteiger partial charge in [0, 0.05) is 11.1 Å². The van der Waals surface area contributed by atoms with E-state index in [0.717, 1.165) is 6.20 Å². The van der Waals surface area contributed by atoms with Crippen molar-refractivity contribution in [3.05, 3.63) is 41.1 Å². The Bertz CT molecular complexity index is 830. The highest BCUT2D eigenvalue weighted by atomic mass is 35.5. The highest BCUT2D eigenvalue weighted by Gasteiger charge is 2.23. The molecule has 0 radical (unpaired) electrons. The molecule has 1 unspecified atom stereocenters. The first-order chi connectivity index (χ1) is 12.6. The van der Waals surface area contributed by atoms with E-state index in [1.165, 1.54) is 6.07 Å². The van der Waals surface area contributed by atoms with Crippen LogP contribution in [0.1, 0.15) is 32.9 Å². The first-order valence-corrected chi connectivity index (χ1v) is 8.88. The molecule has 0 fully saturated rings. The van der Waals surface area contributed by atoms with Crippen LogP contribution in [0.5, 0.6) is 5.75 Å². The normalized spacial score (nSPS) is 12.5. The molecule has 6 nitrogen and oxygen atoms in total. The van der Waals surface area contributed by atoms with Crippen LogP contribution in [-0.4, -0.2) is 33.3 Å². The van der Waals surface area contributed by atoms with E-state index in [9.17, 15) is 9.18 Å². The first-order valence-electron chi connectivity index (χ1n) is 8.50. The van der Waals surface area contributed by atoms with E-state index in [0.29, 0.717) is 30.2 Å². The average molecular weight is 396 g/mol. The molecule has 0 aliphatic rings. The molecule has 0 bridgehead atoms. The molecule has 2 N–H and O–H groups in total. The van der Waals surface area contributed by atoms with E-state index in [-0.39, 0.29) is 16.6 Å². The lowest BCUT2D eigenvalue weighted by atomic mass is 9.92. The number of hydrogen-bond donors (Lipinski definition) is 2. The van der Waals surface area contributed by atoms with Crippen LogP contribution >= 0.6 is 11.6 Å². The number of ether oxygens (including phenoxy) is 1. The number of hydrogen-bond acceptors (Lipinski definition) is 4. The van der Waals surface area contributed by atoms with E-state index in [1.54, 1.807) is 19.1 Å². The zero-order valence-corrected chi connectivity index (χ0v) is 16.5. The molecule has 27 heavy (non-hydrogen) atoms. The topological polar surface area (TPSA) is 84.3 Å². The lowest BCUT2D eigenvalue weighted by Crippen LogP contribution is -2.44. The molecule has 2 aromatic rings. The zero-order chi connectivity index (χ0) is 20.2. The number of amides is 1. The van der Waals surface area contributed by atoms with Crippen molar-refractivity contribution in [2.45, 2.75) is 39.7 Å². The molecule has 8 heteroatoms. The fourth-order valence-corrected chi connectivity index (χ4v) is 3.12. The summed E-state index contributed by atoms with van der Waals surface area (Å²) in [6.45, 7) is 7.82. The van der Waals surface area contributed by atoms with Gasteiger partial charge in [0.25, 0.3) is 0 Å². The van der Waals surface area contributed by atoms with Crippen LogP contribution < -0.4 is 10.1 Å². The third kappa shape index (κ3) is 6.06. The van der Waals surface area contributed by atoms with Crippen molar-refractivity contribution in [2.24, 2.45) is 5.92 Å². The van der Waals surface area contributed by atoms with Gasteiger partial charge in [-0.05, 0) is 51.3 Å². The highest BCUT2D eigenvalue weighted by Crippen LogP contribution is 2.27. The van der Waals surface area contributed by atoms with Crippen molar-refractivity contribution < 1.29 is 19.0 Å². The van der Waals surface area contributed by atoms with Gasteiger partial charge in [0.2, 0.25) is 0 Å². The second-order valence-electron chi connectivity index (χ2n) is 7.20. The summed E-state index contributed by atoms with van der Waals surface area (Å²) in [7, 11) is 0. The van der Waals surface area contributed by atoms with Crippen LogP contribution in [0.4, 0.5) is 9.18 Å². The van der Waals surface area contributed by atoms with Gasteiger partial charge in [0.1, 0.15) is 10.9 Å². The van der Waals surface area contributed by atoms with Crippen molar-refractivity contribution in [1.82, 2.24) is 15.3 Å². The number of rotatable bonds is 7. The van der Waals surface area contributed by atoms with E-state index in [4.69, 9.17) is 21.4 Å². The van der Waals surface area contributed by atoms with Gasteiger partial charge in [-0.25, -0.2) is 19.2 Å². The number of pyridine rings is 2. The summed E-state index contributed by atoms with van der Waals surface area (Å²) in [6, 6.07) is 4.83. The summed E-state index contributed by atoms with van der Waals surface area (Å²) in [5.74, 6) is 0.208. The molecule has 2 rings (SSSR count). The number of carbonyl (C=O) groups is 1. The number of carboxylic acid groups (broad SMARTS) is 1. The third-order valence-electron chi connectivity index (χ3n) is 3.96. The Morgan fingerprint density at radius 3 is 2.78 bits per heavy atom. The summed E-state index contributed by atoms with van der Waals surface area (Å²) in [6.07, 6.45) is 0.630. The van der Waals surface area contributed by atoms with Crippen molar-refractivity contribution in [2.75, 3.05) is 6.61 Å². The molecule has 0 saturated heterocycles. The van der Waals surface area contributed by atoms with Gasteiger partial charge in [-0.3, -0.25) is 0 Å². The molecular formula is C19H23ClFN3O3. The Balaban J connectivity index is 2.04. The third-order valence-corrected chi connectivity index (χ3v) is 4.17. The average Bonchev–Trinajstić information content (AvgIpc) is 2.54. The standard InChI is InChI=1S/C19H23ClFN3O3/c1-11(8-19(3,4)24-18(25)26)10-27-16-6-5-15(23-12(16)2)13-7-17(20)22-9-14(13)21/h5-7,9,11,24H,8,10H2,1-4H3,(H,25,26). The highest BCUT2D eigenvalue weighted by molar-refractivity contribution is 6.29. The van der Waals surface area contributed by atoms with Crippen molar-refractivity contribution >= 4 is 17.7 Å². The number of aromatic nitrogens is 2. The molecule has 0 aliphatic carbocycles. The Kier molecular flexibility index (Phi) is 6.59. The van der Waals surface area contributed by atoms with Crippen molar-refractivity contribution in [3.63, 3.8) is 0 Å². The van der Waals surface area contributed by atoms with Gasteiger partial charge in [0.15, 0.2) is 5.82 Å². The minimum absolute atomic E-state index is 0.113.